The van der Waals surface area contributed by atoms with E-state index in [-0.39, 0.29) is 79.9 Å². The van der Waals surface area contributed by atoms with Crippen molar-refractivity contribution in [3.63, 3.8) is 0 Å². The molecule has 0 aliphatic heterocycles. The van der Waals surface area contributed by atoms with Crippen molar-refractivity contribution >= 4 is 55.6 Å². The second-order valence-electron chi connectivity index (χ2n) is 13.6. The Labute approximate surface area is 384 Å². The highest BCUT2D eigenvalue weighted by molar-refractivity contribution is 7.91. The van der Waals surface area contributed by atoms with Gasteiger partial charge < -0.3 is 32.7 Å². The summed E-state index contributed by atoms with van der Waals surface area (Å²) in [6.45, 7) is 0.547. The van der Waals surface area contributed by atoms with E-state index in [0.29, 0.717) is 5.69 Å². The van der Waals surface area contributed by atoms with Crippen molar-refractivity contribution in [1.29, 1.82) is 0 Å². The number of benzene rings is 4. The van der Waals surface area contributed by atoms with E-state index in [4.69, 9.17) is 23.3 Å². The minimum Gasteiger partial charge on any atom is -0.484 e. The van der Waals surface area contributed by atoms with Gasteiger partial charge >= 0.3 is 25.9 Å². The quantitative estimate of drug-likeness (QED) is 0.0464. The van der Waals surface area contributed by atoms with Gasteiger partial charge in [0.25, 0.3) is 5.91 Å². The minimum atomic E-state index is -4.62. The Morgan fingerprint density at radius 2 is 1.07 bits per heavy atom. The Hall–Kier alpha value is -5.72. The Balaban J connectivity index is 0.000000316. The highest BCUT2D eigenvalue weighted by Gasteiger charge is 2.30. The number of sulfone groups is 2. The zero-order chi connectivity index (χ0) is 49.8. The van der Waals surface area contributed by atoms with Crippen LogP contribution in [0.25, 0.3) is 0 Å². The van der Waals surface area contributed by atoms with Crippen LogP contribution in [0.1, 0.15) is 40.3 Å². The molecule has 0 spiro atoms. The van der Waals surface area contributed by atoms with Gasteiger partial charge in [-0.05, 0) is 86.6 Å². The molecule has 0 bridgehead atoms. The number of alkyl halides is 6. The number of nitrogens with zero attached hydrogens (tertiary/aromatic N) is 1. The van der Waals surface area contributed by atoms with Gasteiger partial charge in [-0.15, -0.1) is 11.3 Å². The van der Waals surface area contributed by atoms with E-state index >= 15 is 0 Å². The van der Waals surface area contributed by atoms with Gasteiger partial charge in [0.2, 0.25) is 0 Å². The number of rotatable bonds is 19. The number of nitrogens with one attached hydrogen (secondary N) is 1. The Morgan fingerprint density at radius 1 is 0.657 bits per heavy atom. The van der Waals surface area contributed by atoms with E-state index in [1.165, 1.54) is 66.7 Å². The van der Waals surface area contributed by atoms with Crippen molar-refractivity contribution in [3.05, 3.63) is 107 Å². The maximum absolute atomic E-state index is 13.0. The largest absolute Gasteiger partial charge is 0.484 e. The Morgan fingerprint density at radius 3 is 1.48 bits per heavy atom. The summed E-state index contributed by atoms with van der Waals surface area (Å²) in [7, 11) is -9.14. The lowest BCUT2D eigenvalue weighted by molar-refractivity contribution is -0.154. The van der Waals surface area contributed by atoms with Crippen molar-refractivity contribution in [2.24, 2.45) is 0 Å². The first-order valence-electron chi connectivity index (χ1n) is 19.0. The van der Waals surface area contributed by atoms with Crippen LogP contribution in [0.5, 0.6) is 34.5 Å². The molecule has 1 heterocycles. The fraction of sp³-hybridized carbons (Fsp3) is 0.293. The molecule has 0 atom stereocenters. The smallest absolute Gasteiger partial charge is 0.422 e. The maximum Gasteiger partial charge on any atom is 0.422 e. The van der Waals surface area contributed by atoms with Crippen LogP contribution in [0.15, 0.2) is 100 Å². The van der Waals surface area contributed by atoms with Gasteiger partial charge in [0.15, 0.2) is 38.0 Å². The SMILES string of the molecule is CCOP(=O)(Cc1csc(NC(=O)c2cc(OCC(F)(F)F)cc(Oc3ccc(S(C)(=O)=O)cc3)c2)n1)OCC.COC(=O)c1cc(OCC(F)(F)F)cc(Oc2ccc(S(C)(=O)=O)cc2)c1. The van der Waals surface area contributed by atoms with Crippen LogP contribution in [0.3, 0.4) is 0 Å². The molecule has 67 heavy (non-hydrogen) atoms. The number of anilines is 1. The Bertz CT molecular complexity index is 2760. The van der Waals surface area contributed by atoms with Crippen LogP contribution < -0.4 is 24.3 Å². The molecule has 1 N–H and O–H groups in total. The maximum atomic E-state index is 13.0. The van der Waals surface area contributed by atoms with Gasteiger partial charge in [0.05, 0.1) is 47.5 Å². The van der Waals surface area contributed by atoms with E-state index in [1.54, 1.807) is 19.2 Å². The summed E-state index contributed by atoms with van der Waals surface area (Å²) in [5.74, 6) is -1.68. The summed E-state index contributed by atoms with van der Waals surface area (Å²) < 4.78 is 170. The number of carbonyl (C=O) groups is 2. The van der Waals surface area contributed by atoms with E-state index < -0.39 is 64.7 Å². The summed E-state index contributed by atoms with van der Waals surface area (Å²) in [5, 5.41) is 4.25. The molecule has 0 aliphatic carbocycles. The highest BCUT2D eigenvalue weighted by Crippen LogP contribution is 2.51. The van der Waals surface area contributed by atoms with Gasteiger partial charge in [0, 0.05) is 35.6 Å². The van der Waals surface area contributed by atoms with E-state index in [9.17, 15) is 57.3 Å². The molecule has 4 aromatic carbocycles. The van der Waals surface area contributed by atoms with Gasteiger partial charge in [-0.3, -0.25) is 14.7 Å². The number of amides is 1. The monoisotopic (exact) mass is 1030 g/mol. The number of methoxy groups -OCH3 is 1. The van der Waals surface area contributed by atoms with Crippen LogP contribution in [0.4, 0.5) is 31.5 Å². The van der Waals surface area contributed by atoms with Crippen molar-refractivity contribution in [2.75, 3.05) is 51.4 Å². The molecule has 5 rings (SSSR count). The van der Waals surface area contributed by atoms with Crippen LogP contribution in [-0.2, 0) is 44.2 Å². The third kappa shape index (κ3) is 18.1. The number of hydrogen-bond donors (Lipinski definition) is 1. The first kappa shape index (κ1) is 53.9. The zero-order valence-corrected chi connectivity index (χ0v) is 39.1. The topological polar surface area (TPSA) is 209 Å². The molecule has 0 aliphatic rings. The predicted molar refractivity (Wildman–Crippen MR) is 231 cm³/mol. The number of ether oxygens (including phenoxy) is 5. The Kier molecular flexibility index (Phi) is 18.4. The predicted octanol–water partition coefficient (Wildman–Crippen LogP) is 9.91. The molecular weight excluding hydrogens is 986 g/mol. The number of aromatic nitrogens is 1. The molecule has 1 aromatic heterocycles. The second kappa shape index (κ2) is 22.9. The van der Waals surface area contributed by atoms with Crippen molar-refractivity contribution < 1.29 is 90.1 Å². The number of hydrogen-bond acceptors (Lipinski definition) is 16. The van der Waals surface area contributed by atoms with Crippen LogP contribution in [0, 0.1) is 0 Å². The van der Waals surface area contributed by atoms with Gasteiger partial charge in [-0.1, -0.05) is 0 Å². The summed E-state index contributed by atoms with van der Waals surface area (Å²) in [4.78, 5) is 29.0. The summed E-state index contributed by atoms with van der Waals surface area (Å²) in [6.07, 6.45) is -7.20. The van der Waals surface area contributed by atoms with Crippen LogP contribution in [0.2, 0.25) is 0 Å². The normalized spacial score (nSPS) is 12.0. The lowest BCUT2D eigenvalue weighted by Gasteiger charge is -2.15. The lowest BCUT2D eigenvalue weighted by Crippen LogP contribution is -2.19. The molecule has 0 saturated heterocycles. The molecule has 0 radical (unpaired) electrons. The standard InChI is InChI=1S/C24H26F3N2O8PS2.C17H15F3O6S/c1-4-35-38(31,36-5-2)13-17-14-39-23(28-17)29-22(30)16-10-19(34-15-24(25,26)27)12-20(11-16)37-18-6-8-21(9-7-18)40(3,32)33;1-24-16(21)11-7-13(25-10-17(18,19)20)9-14(8-11)26-12-3-5-15(6-4-12)27(2,22)23/h6-12,14H,4-5,13,15H2,1-3H3,(H,28,29,30);3-9H,10H2,1-2H3. The minimum absolute atomic E-state index is 0.0159. The lowest BCUT2D eigenvalue weighted by atomic mass is 10.2. The molecule has 0 saturated carbocycles. The number of carbonyl (C=O) groups excluding carboxylic acids is 2. The third-order valence-electron chi connectivity index (χ3n) is 8.00. The van der Waals surface area contributed by atoms with Gasteiger partial charge in [0.1, 0.15) is 34.5 Å². The second-order valence-corrected chi connectivity index (χ2v) is 20.5. The molecule has 1 amide bonds. The van der Waals surface area contributed by atoms with Crippen LogP contribution >= 0.6 is 18.9 Å². The molecule has 364 valence electrons. The van der Waals surface area contributed by atoms with E-state index in [1.807, 2.05) is 0 Å². The fourth-order valence-electron chi connectivity index (χ4n) is 5.23. The first-order valence-corrected chi connectivity index (χ1v) is 25.4. The molecule has 5 aromatic rings. The summed E-state index contributed by atoms with van der Waals surface area (Å²) >= 11 is 1.04. The van der Waals surface area contributed by atoms with Crippen molar-refractivity contribution in [2.45, 2.75) is 42.2 Å². The number of thiazole rings is 1. The molecular formula is C41H41F6N2O14PS3. The average molecular weight is 1030 g/mol. The molecule has 0 unspecified atom stereocenters. The fourth-order valence-corrected chi connectivity index (χ4v) is 8.93. The molecule has 0 fully saturated rings. The molecule has 26 heteroatoms. The summed E-state index contributed by atoms with van der Waals surface area (Å²) in [6, 6.07) is 17.8. The highest BCUT2D eigenvalue weighted by atomic mass is 32.2. The number of esters is 1. The van der Waals surface area contributed by atoms with Crippen LogP contribution in [-0.4, -0.2) is 92.1 Å². The van der Waals surface area contributed by atoms with Crippen molar-refractivity contribution in [3.8, 4) is 34.5 Å². The van der Waals surface area contributed by atoms with Gasteiger partial charge in [-0.2, -0.15) is 26.3 Å². The average Bonchev–Trinajstić information content (AvgIpc) is 3.67. The first-order chi connectivity index (χ1) is 31.2. The summed E-state index contributed by atoms with van der Waals surface area (Å²) in [5.41, 5.74) is 0.183. The van der Waals surface area contributed by atoms with E-state index in [2.05, 4.69) is 19.8 Å². The third-order valence-corrected chi connectivity index (χ3v) is 13.1. The van der Waals surface area contributed by atoms with Gasteiger partial charge in [-0.25, -0.2) is 26.6 Å². The van der Waals surface area contributed by atoms with Crippen molar-refractivity contribution in [1.82, 2.24) is 4.98 Å². The zero-order valence-electron chi connectivity index (χ0n) is 35.8. The number of halogens is 6. The van der Waals surface area contributed by atoms with E-state index in [0.717, 1.165) is 49.2 Å². The molecule has 16 nitrogen and oxygen atoms in total.